The highest BCUT2D eigenvalue weighted by Crippen LogP contribution is 2.36. The molecule has 7 nitrogen and oxygen atoms in total. The first-order valence-corrected chi connectivity index (χ1v) is 7.23. The van der Waals surface area contributed by atoms with Crippen LogP contribution in [0.2, 0.25) is 0 Å². The third kappa shape index (κ3) is 3.53. The summed E-state index contributed by atoms with van der Waals surface area (Å²) in [6, 6.07) is 1.50. The molecule has 0 aliphatic carbocycles. The van der Waals surface area contributed by atoms with E-state index in [1.54, 1.807) is 11.0 Å². The van der Waals surface area contributed by atoms with Crippen molar-refractivity contribution in [3.63, 3.8) is 0 Å². The summed E-state index contributed by atoms with van der Waals surface area (Å²) in [6.45, 7) is 3.24. The van der Waals surface area contributed by atoms with Gasteiger partial charge >= 0.3 is 12.0 Å². The first-order chi connectivity index (χ1) is 10.1. The Hall–Kier alpha value is -2.05. The molecule has 0 radical (unpaired) electrons. The first kappa shape index (κ1) is 15.3. The van der Waals surface area contributed by atoms with Crippen LogP contribution in [0.15, 0.2) is 16.9 Å². The van der Waals surface area contributed by atoms with Crippen LogP contribution < -0.4 is 5.32 Å². The van der Waals surface area contributed by atoms with Gasteiger partial charge in [0.1, 0.15) is 12.0 Å². The maximum Gasteiger partial charge on any atom is 0.317 e. The zero-order chi connectivity index (χ0) is 15.3. The lowest BCUT2D eigenvalue weighted by Gasteiger charge is -2.38. The number of hydrogen-bond donors (Lipinski definition) is 2. The van der Waals surface area contributed by atoms with Gasteiger partial charge in [-0.25, -0.2) is 4.79 Å². The van der Waals surface area contributed by atoms with Crippen LogP contribution in [-0.2, 0) is 11.3 Å². The number of carboxylic acid groups (broad SMARTS) is 1. The van der Waals surface area contributed by atoms with Gasteiger partial charge in [-0.1, -0.05) is 18.5 Å². The highest BCUT2D eigenvalue weighted by molar-refractivity contribution is 5.77. The molecule has 2 heterocycles. The number of carboxylic acids is 1. The topological polar surface area (TPSA) is 95.7 Å². The fourth-order valence-corrected chi connectivity index (χ4v) is 2.79. The van der Waals surface area contributed by atoms with Gasteiger partial charge < -0.3 is 19.8 Å². The second-order valence-electron chi connectivity index (χ2n) is 5.47. The zero-order valence-corrected chi connectivity index (χ0v) is 12.2. The third-order valence-corrected chi connectivity index (χ3v) is 4.10. The molecule has 1 saturated heterocycles. The van der Waals surface area contributed by atoms with Crippen molar-refractivity contribution in [2.75, 3.05) is 13.1 Å². The first-order valence-electron chi connectivity index (χ1n) is 7.23. The molecule has 1 fully saturated rings. The Kier molecular flexibility index (Phi) is 4.82. The molecule has 0 saturated carbocycles. The molecule has 0 bridgehead atoms. The second-order valence-corrected chi connectivity index (χ2v) is 5.47. The number of likely N-dealkylation sites (tertiary alicyclic amines) is 1. The number of amides is 2. The highest BCUT2D eigenvalue weighted by Gasteiger charge is 2.41. The van der Waals surface area contributed by atoms with Crippen LogP contribution in [0.5, 0.6) is 0 Å². The van der Waals surface area contributed by atoms with Gasteiger partial charge in [0.15, 0.2) is 0 Å². The van der Waals surface area contributed by atoms with Gasteiger partial charge in [-0.05, 0) is 19.3 Å². The molecule has 21 heavy (non-hydrogen) atoms. The van der Waals surface area contributed by atoms with Gasteiger partial charge in [-0.3, -0.25) is 4.79 Å². The Labute approximate surface area is 123 Å². The summed E-state index contributed by atoms with van der Waals surface area (Å²) >= 11 is 0. The standard InChI is InChI=1S/C14H21N3O4/c1-2-4-14(12(18)19)5-7-17(8-6-14)13(20)15-10-11-3-9-21-16-11/h3,9H,2,4-8,10H2,1H3,(H,15,20)(H,18,19). The third-order valence-electron chi connectivity index (χ3n) is 4.10. The molecule has 0 unspecified atom stereocenters. The molecular formula is C14H21N3O4. The van der Waals surface area contributed by atoms with E-state index in [-0.39, 0.29) is 6.03 Å². The molecule has 2 amide bonds. The molecule has 0 spiro atoms. The van der Waals surface area contributed by atoms with Crippen LogP contribution in [0.4, 0.5) is 4.79 Å². The van der Waals surface area contributed by atoms with Crippen molar-refractivity contribution in [2.24, 2.45) is 5.41 Å². The van der Waals surface area contributed by atoms with E-state index in [1.165, 1.54) is 6.26 Å². The van der Waals surface area contributed by atoms with Crippen LogP contribution in [0.3, 0.4) is 0 Å². The Balaban J connectivity index is 1.85. The lowest BCUT2D eigenvalue weighted by atomic mass is 9.75. The van der Waals surface area contributed by atoms with Crippen LogP contribution in [0.25, 0.3) is 0 Å². The SMILES string of the molecule is CCCC1(C(=O)O)CCN(C(=O)NCc2ccon2)CC1. The minimum Gasteiger partial charge on any atom is -0.481 e. The van der Waals surface area contributed by atoms with E-state index in [0.29, 0.717) is 44.6 Å². The van der Waals surface area contributed by atoms with Gasteiger partial charge in [0.2, 0.25) is 0 Å². The summed E-state index contributed by atoms with van der Waals surface area (Å²) < 4.78 is 4.69. The van der Waals surface area contributed by atoms with Gasteiger partial charge in [0.05, 0.1) is 12.0 Å². The predicted molar refractivity (Wildman–Crippen MR) is 74.5 cm³/mol. The maximum atomic E-state index is 12.0. The maximum absolute atomic E-state index is 12.0. The molecule has 2 N–H and O–H groups in total. The van der Waals surface area contributed by atoms with Gasteiger partial charge in [-0.2, -0.15) is 0 Å². The summed E-state index contributed by atoms with van der Waals surface area (Å²) in [6.07, 6.45) is 3.97. The quantitative estimate of drug-likeness (QED) is 0.864. The summed E-state index contributed by atoms with van der Waals surface area (Å²) in [4.78, 5) is 25.2. The second kappa shape index (κ2) is 6.60. The average molecular weight is 295 g/mol. The molecule has 0 aromatic carbocycles. The van der Waals surface area contributed by atoms with Crippen molar-refractivity contribution in [1.82, 2.24) is 15.4 Å². The Morgan fingerprint density at radius 2 is 2.19 bits per heavy atom. The van der Waals surface area contributed by atoms with Crippen molar-refractivity contribution in [3.8, 4) is 0 Å². The number of nitrogens with one attached hydrogen (secondary N) is 1. The Morgan fingerprint density at radius 1 is 1.48 bits per heavy atom. The normalized spacial score (nSPS) is 17.5. The van der Waals surface area contributed by atoms with E-state index >= 15 is 0 Å². The number of hydrogen-bond acceptors (Lipinski definition) is 4. The summed E-state index contributed by atoms with van der Waals surface area (Å²) in [5.41, 5.74) is -0.0105. The number of aromatic nitrogens is 1. The molecule has 0 atom stereocenters. The number of carbonyl (C=O) groups excluding carboxylic acids is 1. The predicted octanol–water partition coefficient (Wildman–Crippen LogP) is 1.85. The molecule has 1 aromatic rings. The number of rotatable bonds is 5. The lowest BCUT2D eigenvalue weighted by Crippen LogP contribution is -2.49. The van der Waals surface area contributed by atoms with Crippen LogP contribution in [-0.4, -0.2) is 40.3 Å². The average Bonchev–Trinajstić information content (AvgIpc) is 2.99. The van der Waals surface area contributed by atoms with Gasteiger partial charge in [-0.15, -0.1) is 0 Å². The molecule has 2 rings (SSSR count). The zero-order valence-electron chi connectivity index (χ0n) is 12.2. The number of carbonyl (C=O) groups is 2. The molecular weight excluding hydrogens is 274 g/mol. The lowest BCUT2D eigenvalue weighted by molar-refractivity contribution is -0.152. The van der Waals surface area contributed by atoms with Crippen molar-refractivity contribution in [3.05, 3.63) is 18.0 Å². The summed E-state index contributed by atoms with van der Waals surface area (Å²) in [5, 5.41) is 15.9. The van der Waals surface area contributed by atoms with E-state index in [0.717, 1.165) is 6.42 Å². The van der Waals surface area contributed by atoms with Crippen molar-refractivity contribution < 1.29 is 19.2 Å². The number of piperidine rings is 1. The minimum atomic E-state index is -0.744. The fraction of sp³-hybridized carbons (Fsp3) is 0.643. The Morgan fingerprint density at radius 3 is 2.71 bits per heavy atom. The molecule has 1 aromatic heterocycles. The van der Waals surface area contributed by atoms with E-state index in [2.05, 4.69) is 10.5 Å². The number of aliphatic carboxylic acids is 1. The number of urea groups is 1. The van der Waals surface area contributed by atoms with E-state index in [9.17, 15) is 14.7 Å². The van der Waals surface area contributed by atoms with E-state index in [1.807, 2.05) is 6.92 Å². The highest BCUT2D eigenvalue weighted by atomic mass is 16.5. The largest absolute Gasteiger partial charge is 0.481 e. The van der Waals surface area contributed by atoms with E-state index in [4.69, 9.17) is 4.52 Å². The van der Waals surface area contributed by atoms with Crippen LogP contribution in [0, 0.1) is 5.41 Å². The Bertz CT molecular complexity index is 478. The molecule has 1 aliphatic heterocycles. The van der Waals surface area contributed by atoms with Crippen LogP contribution >= 0.6 is 0 Å². The molecule has 116 valence electrons. The minimum absolute atomic E-state index is 0.187. The molecule has 7 heteroatoms. The monoisotopic (exact) mass is 295 g/mol. The van der Waals surface area contributed by atoms with Gasteiger partial charge in [0, 0.05) is 19.2 Å². The number of nitrogens with zero attached hydrogens (tertiary/aromatic N) is 2. The van der Waals surface area contributed by atoms with Crippen molar-refractivity contribution >= 4 is 12.0 Å². The summed E-state index contributed by atoms with van der Waals surface area (Å²) in [7, 11) is 0. The smallest absolute Gasteiger partial charge is 0.317 e. The summed E-state index contributed by atoms with van der Waals surface area (Å²) in [5.74, 6) is -0.744. The van der Waals surface area contributed by atoms with Crippen molar-refractivity contribution in [2.45, 2.75) is 39.2 Å². The molecule has 1 aliphatic rings. The van der Waals surface area contributed by atoms with Gasteiger partial charge in [0.25, 0.3) is 0 Å². The van der Waals surface area contributed by atoms with E-state index < -0.39 is 11.4 Å². The van der Waals surface area contributed by atoms with Crippen molar-refractivity contribution in [1.29, 1.82) is 0 Å². The van der Waals surface area contributed by atoms with Crippen LogP contribution in [0.1, 0.15) is 38.3 Å². The fourth-order valence-electron chi connectivity index (χ4n) is 2.79.